The molecule has 4 nitrogen and oxygen atoms in total. The molecule has 4 heteroatoms. The van der Waals surface area contributed by atoms with Crippen LogP contribution in [0.1, 0.15) is 26.7 Å². The van der Waals surface area contributed by atoms with Crippen LogP contribution in [0.4, 0.5) is 0 Å². The molecule has 0 bridgehead atoms. The number of rotatable bonds is 5. The van der Waals surface area contributed by atoms with Crippen molar-refractivity contribution in [3.8, 4) is 0 Å². The second-order valence-corrected chi connectivity index (χ2v) is 4.45. The van der Waals surface area contributed by atoms with E-state index in [4.69, 9.17) is 5.11 Å². The van der Waals surface area contributed by atoms with Crippen LogP contribution in [-0.2, 0) is 4.79 Å². The molecule has 1 fully saturated rings. The van der Waals surface area contributed by atoms with Crippen molar-refractivity contribution in [3.63, 3.8) is 0 Å². The molecule has 1 N–H and O–H groups in total. The Kier molecular flexibility index (Phi) is 4.54. The molecular formula is C11H22N2O2. The Balaban J connectivity index is 2.42. The first-order valence-corrected chi connectivity index (χ1v) is 5.70. The molecule has 0 aromatic heterocycles. The van der Waals surface area contributed by atoms with Gasteiger partial charge in [-0.3, -0.25) is 9.69 Å². The van der Waals surface area contributed by atoms with Crippen molar-refractivity contribution in [2.24, 2.45) is 0 Å². The zero-order valence-corrected chi connectivity index (χ0v) is 9.94. The molecule has 1 rings (SSSR count). The van der Waals surface area contributed by atoms with E-state index in [0.717, 1.165) is 19.5 Å². The molecule has 0 radical (unpaired) electrons. The Morgan fingerprint density at radius 2 is 2.27 bits per heavy atom. The molecule has 88 valence electrons. The van der Waals surface area contributed by atoms with Gasteiger partial charge in [0.05, 0.1) is 6.42 Å². The van der Waals surface area contributed by atoms with Gasteiger partial charge in [0.1, 0.15) is 0 Å². The van der Waals surface area contributed by atoms with E-state index in [0.29, 0.717) is 18.6 Å². The molecule has 1 heterocycles. The largest absolute Gasteiger partial charge is 0.481 e. The fourth-order valence-corrected chi connectivity index (χ4v) is 2.26. The lowest BCUT2D eigenvalue weighted by molar-refractivity contribution is -0.137. The van der Waals surface area contributed by atoms with Gasteiger partial charge in [-0.1, -0.05) is 6.92 Å². The minimum absolute atomic E-state index is 0.252. The number of carboxylic acid groups (broad SMARTS) is 1. The Labute approximate surface area is 91.9 Å². The van der Waals surface area contributed by atoms with Gasteiger partial charge in [-0.15, -0.1) is 0 Å². The lowest BCUT2D eigenvalue weighted by Gasteiger charge is -2.26. The van der Waals surface area contributed by atoms with Crippen LogP contribution in [0.3, 0.4) is 0 Å². The van der Waals surface area contributed by atoms with Crippen LogP contribution < -0.4 is 0 Å². The highest BCUT2D eigenvalue weighted by molar-refractivity contribution is 5.66. The second kappa shape index (κ2) is 5.47. The standard InChI is InChI=1S/C11H22N2O2/c1-4-13(6-5-11(14)15)10-7-9(2)12(3)8-10/h9-10H,4-8H2,1-3H3,(H,14,15). The molecule has 0 aromatic carbocycles. The first-order chi connectivity index (χ1) is 7.04. The molecule has 15 heavy (non-hydrogen) atoms. The number of likely N-dealkylation sites (tertiary alicyclic amines) is 1. The Morgan fingerprint density at radius 1 is 1.60 bits per heavy atom. The van der Waals surface area contributed by atoms with Gasteiger partial charge in [-0.2, -0.15) is 0 Å². The Bertz CT molecular complexity index is 211. The van der Waals surface area contributed by atoms with Crippen LogP contribution >= 0.6 is 0 Å². The molecular weight excluding hydrogens is 192 g/mol. The lowest BCUT2D eigenvalue weighted by Crippen LogP contribution is -2.38. The topological polar surface area (TPSA) is 43.8 Å². The third-order valence-electron chi connectivity index (χ3n) is 3.40. The average Bonchev–Trinajstić information content (AvgIpc) is 2.47. The van der Waals surface area contributed by atoms with E-state index in [1.54, 1.807) is 0 Å². The Morgan fingerprint density at radius 3 is 2.67 bits per heavy atom. The molecule has 1 aliphatic rings. The normalized spacial score (nSPS) is 27.5. The zero-order chi connectivity index (χ0) is 11.4. The number of carboxylic acids is 1. The van der Waals surface area contributed by atoms with E-state index in [1.165, 1.54) is 0 Å². The maximum absolute atomic E-state index is 10.5. The van der Waals surface area contributed by atoms with Crippen LogP contribution in [0.2, 0.25) is 0 Å². The summed E-state index contributed by atoms with van der Waals surface area (Å²) >= 11 is 0. The predicted molar refractivity (Wildman–Crippen MR) is 60.0 cm³/mol. The summed E-state index contributed by atoms with van der Waals surface area (Å²) in [7, 11) is 2.13. The average molecular weight is 214 g/mol. The van der Waals surface area contributed by atoms with Gasteiger partial charge in [0, 0.05) is 25.2 Å². The van der Waals surface area contributed by atoms with E-state index in [1.807, 2.05) is 0 Å². The Hall–Kier alpha value is -0.610. The summed E-state index contributed by atoms with van der Waals surface area (Å²) in [6, 6.07) is 1.16. The first-order valence-electron chi connectivity index (χ1n) is 5.70. The van der Waals surface area contributed by atoms with Crippen LogP contribution in [0.25, 0.3) is 0 Å². The van der Waals surface area contributed by atoms with Gasteiger partial charge >= 0.3 is 5.97 Å². The van der Waals surface area contributed by atoms with Crippen molar-refractivity contribution in [1.29, 1.82) is 0 Å². The molecule has 1 aliphatic heterocycles. The molecule has 0 saturated carbocycles. The van der Waals surface area contributed by atoms with Crippen molar-refractivity contribution < 1.29 is 9.90 Å². The van der Waals surface area contributed by atoms with Crippen LogP contribution in [0.5, 0.6) is 0 Å². The third-order valence-corrected chi connectivity index (χ3v) is 3.40. The quantitative estimate of drug-likeness (QED) is 0.737. The van der Waals surface area contributed by atoms with Gasteiger partial charge < -0.3 is 10.0 Å². The van der Waals surface area contributed by atoms with E-state index >= 15 is 0 Å². The first kappa shape index (κ1) is 12.5. The molecule has 1 saturated heterocycles. The van der Waals surface area contributed by atoms with Gasteiger partial charge in [-0.05, 0) is 26.9 Å². The monoisotopic (exact) mass is 214 g/mol. The number of hydrogen-bond acceptors (Lipinski definition) is 3. The van der Waals surface area contributed by atoms with Gasteiger partial charge in [0.2, 0.25) is 0 Å². The van der Waals surface area contributed by atoms with Crippen LogP contribution in [0.15, 0.2) is 0 Å². The molecule has 2 unspecified atom stereocenters. The minimum Gasteiger partial charge on any atom is -0.481 e. The number of likely N-dealkylation sites (N-methyl/N-ethyl adjacent to an activating group) is 2. The smallest absolute Gasteiger partial charge is 0.304 e. The van der Waals surface area contributed by atoms with Crippen molar-refractivity contribution >= 4 is 5.97 Å². The maximum Gasteiger partial charge on any atom is 0.304 e. The second-order valence-electron chi connectivity index (χ2n) is 4.45. The van der Waals surface area contributed by atoms with Gasteiger partial charge in [0.25, 0.3) is 0 Å². The highest BCUT2D eigenvalue weighted by Gasteiger charge is 2.29. The SMILES string of the molecule is CCN(CCC(=O)O)C1CC(C)N(C)C1. The highest BCUT2D eigenvalue weighted by Crippen LogP contribution is 2.20. The van der Waals surface area contributed by atoms with Crippen LogP contribution in [-0.4, -0.2) is 59.6 Å². The van der Waals surface area contributed by atoms with Crippen LogP contribution in [0, 0.1) is 0 Å². The number of aliphatic carboxylic acids is 1. The summed E-state index contributed by atoms with van der Waals surface area (Å²) < 4.78 is 0. The van der Waals surface area contributed by atoms with Crippen molar-refractivity contribution in [2.75, 3.05) is 26.7 Å². The summed E-state index contributed by atoms with van der Waals surface area (Å²) in [5.41, 5.74) is 0. The molecule has 0 amide bonds. The lowest BCUT2D eigenvalue weighted by atomic mass is 10.1. The van der Waals surface area contributed by atoms with E-state index in [-0.39, 0.29) is 6.42 Å². The van der Waals surface area contributed by atoms with Gasteiger partial charge in [-0.25, -0.2) is 0 Å². The fraction of sp³-hybridized carbons (Fsp3) is 0.909. The molecule has 0 aliphatic carbocycles. The summed E-state index contributed by atoms with van der Waals surface area (Å²) in [5, 5.41) is 8.67. The van der Waals surface area contributed by atoms with Crippen molar-refractivity contribution in [1.82, 2.24) is 9.80 Å². The highest BCUT2D eigenvalue weighted by atomic mass is 16.4. The predicted octanol–water partition coefficient (Wildman–Crippen LogP) is 0.876. The van der Waals surface area contributed by atoms with Crippen molar-refractivity contribution in [2.45, 2.75) is 38.8 Å². The summed E-state index contributed by atoms with van der Waals surface area (Å²) in [6.45, 7) is 7.01. The number of nitrogens with zero attached hydrogens (tertiary/aromatic N) is 2. The third kappa shape index (κ3) is 3.47. The fourth-order valence-electron chi connectivity index (χ4n) is 2.26. The van der Waals surface area contributed by atoms with E-state index < -0.39 is 5.97 Å². The van der Waals surface area contributed by atoms with Crippen molar-refractivity contribution in [3.05, 3.63) is 0 Å². The summed E-state index contributed by atoms with van der Waals surface area (Å²) in [6.07, 6.45) is 1.41. The summed E-state index contributed by atoms with van der Waals surface area (Å²) in [4.78, 5) is 15.2. The molecule has 0 aromatic rings. The number of carbonyl (C=O) groups is 1. The van der Waals surface area contributed by atoms with E-state index in [9.17, 15) is 4.79 Å². The summed E-state index contributed by atoms with van der Waals surface area (Å²) in [5.74, 6) is -0.701. The number of hydrogen-bond donors (Lipinski definition) is 1. The van der Waals surface area contributed by atoms with Gasteiger partial charge in [0.15, 0.2) is 0 Å². The maximum atomic E-state index is 10.5. The minimum atomic E-state index is -0.701. The van der Waals surface area contributed by atoms with E-state index in [2.05, 4.69) is 30.7 Å². The zero-order valence-electron chi connectivity index (χ0n) is 9.94. The molecule has 0 spiro atoms. The molecule has 2 atom stereocenters.